The predicted octanol–water partition coefficient (Wildman–Crippen LogP) is 5.34. The normalized spacial score (nSPS) is 10.4. The lowest BCUT2D eigenvalue weighted by atomic mass is 10.2. The molecule has 0 bridgehead atoms. The predicted molar refractivity (Wildman–Crippen MR) is 106 cm³/mol. The Bertz CT molecular complexity index is 866. The van der Waals surface area contributed by atoms with Crippen LogP contribution in [0.2, 0.25) is 10.0 Å². The van der Waals surface area contributed by atoms with Crippen LogP contribution in [0.3, 0.4) is 0 Å². The van der Waals surface area contributed by atoms with Crippen LogP contribution in [-0.2, 0) is 0 Å². The van der Waals surface area contributed by atoms with Gasteiger partial charge in [-0.25, -0.2) is 4.98 Å². The van der Waals surface area contributed by atoms with Crippen molar-refractivity contribution < 1.29 is 0 Å². The van der Waals surface area contributed by atoms with Gasteiger partial charge in [0.25, 0.3) is 0 Å². The number of hydrogen-bond acceptors (Lipinski definition) is 5. The molecule has 2 aromatic carbocycles. The number of aromatic nitrogens is 2. The van der Waals surface area contributed by atoms with E-state index in [2.05, 4.69) is 20.6 Å². The van der Waals surface area contributed by atoms with Gasteiger partial charge in [0.2, 0.25) is 5.95 Å². The summed E-state index contributed by atoms with van der Waals surface area (Å²) in [6, 6.07) is 15.0. The van der Waals surface area contributed by atoms with Gasteiger partial charge in [-0.05, 0) is 48.5 Å². The van der Waals surface area contributed by atoms with Gasteiger partial charge in [0, 0.05) is 36.7 Å². The Morgan fingerprint density at radius 1 is 0.920 bits per heavy atom. The Labute approximate surface area is 156 Å². The van der Waals surface area contributed by atoms with Crippen LogP contribution in [0.4, 0.5) is 28.8 Å². The van der Waals surface area contributed by atoms with Gasteiger partial charge in [0.1, 0.15) is 5.82 Å². The summed E-state index contributed by atoms with van der Waals surface area (Å²) in [5.41, 5.74) is 2.76. The van der Waals surface area contributed by atoms with Gasteiger partial charge in [0.15, 0.2) is 0 Å². The van der Waals surface area contributed by atoms with Crippen LogP contribution in [-0.4, -0.2) is 24.1 Å². The van der Waals surface area contributed by atoms with Gasteiger partial charge in [-0.1, -0.05) is 23.2 Å². The van der Waals surface area contributed by atoms with E-state index in [9.17, 15) is 0 Å². The lowest BCUT2D eigenvalue weighted by Gasteiger charge is -2.13. The average Bonchev–Trinajstić information content (AvgIpc) is 2.58. The van der Waals surface area contributed by atoms with Crippen molar-refractivity contribution in [3.8, 4) is 0 Å². The third kappa shape index (κ3) is 4.53. The molecule has 5 nitrogen and oxygen atoms in total. The summed E-state index contributed by atoms with van der Waals surface area (Å²) in [4.78, 5) is 10.7. The van der Waals surface area contributed by atoms with E-state index in [0.29, 0.717) is 21.8 Å². The zero-order valence-corrected chi connectivity index (χ0v) is 15.3. The van der Waals surface area contributed by atoms with Crippen molar-refractivity contribution in [1.29, 1.82) is 0 Å². The number of rotatable bonds is 5. The average molecular weight is 374 g/mol. The topological polar surface area (TPSA) is 53.1 Å². The summed E-state index contributed by atoms with van der Waals surface area (Å²) in [5.74, 6) is 1.12. The molecule has 0 aliphatic rings. The molecule has 0 saturated heterocycles. The molecular weight excluding hydrogens is 357 g/mol. The first-order chi connectivity index (χ1) is 12.0. The van der Waals surface area contributed by atoms with Crippen molar-refractivity contribution in [2.45, 2.75) is 0 Å². The standard InChI is InChI=1S/C18H17Cl2N5/c1-25(2)14-6-4-13(5-7-14)22-18-21-10-9-17(24-18)23-16-8-3-12(19)11-15(16)20/h3-11H,1-2H3,(H2,21,22,23,24). The van der Waals surface area contributed by atoms with Crippen LogP contribution in [0.5, 0.6) is 0 Å². The van der Waals surface area contributed by atoms with Crippen molar-refractivity contribution in [2.75, 3.05) is 29.6 Å². The second-order valence-electron chi connectivity index (χ2n) is 5.58. The van der Waals surface area contributed by atoms with Crippen LogP contribution >= 0.6 is 23.2 Å². The highest BCUT2D eigenvalue weighted by Gasteiger charge is 2.05. The molecule has 0 spiro atoms. The van der Waals surface area contributed by atoms with Crippen LogP contribution in [0.25, 0.3) is 0 Å². The summed E-state index contributed by atoms with van der Waals surface area (Å²) in [7, 11) is 4.01. The fraction of sp³-hybridized carbons (Fsp3) is 0.111. The number of anilines is 5. The fourth-order valence-electron chi connectivity index (χ4n) is 2.19. The summed E-state index contributed by atoms with van der Waals surface area (Å²) in [6.07, 6.45) is 1.68. The first-order valence-corrected chi connectivity index (χ1v) is 8.36. The zero-order chi connectivity index (χ0) is 17.8. The highest BCUT2D eigenvalue weighted by atomic mass is 35.5. The molecule has 1 aromatic heterocycles. The molecule has 25 heavy (non-hydrogen) atoms. The number of hydrogen-bond donors (Lipinski definition) is 2. The summed E-state index contributed by atoms with van der Waals surface area (Å²) in [5, 5.41) is 7.46. The van der Waals surface area contributed by atoms with Crippen molar-refractivity contribution in [3.05, 3.63) is 64.8 Å². The Balaban J connectivity index is 1.75. The lowest BCUT2D eigenvalue weighted by molar-refractivity contribution is 1.13. The molecule has 128 valence electrons. The second kappa shape index (κ2) is 7.59. The molecule has 0 unspecified atom stereocenters. The highest BCUT2D eigenvalue weighted by Crippen LogP contribution is 2.28. The van der Waals surface area contributed by atoms with Crippen LogP contribution < -0.4 is 15.5 Å². The van der Waals surface area contributed by atoms with E-state index in [-0.39, 0.29) is 0 Å². The number of halogens is 2. The molecule has 3 rings (SSSR count). The van der Waals surface area contributed by atoms with Crippen molar-refractivity contribution in [3.63, 3.8) is 0 Å². The van der Waals surface area contributed by atoms with E-state index in [1.807, 2.05) is 43.3 Å². The van der Waals surface area contributed by atoms with Gasteiger partial charge in [-0.2, -0.15) is 4.98 Å². The molecule has 3 aromatic rings. The molecule has 0 amide bonds. The number of nitrogens with zero attached hydrogens (tertiary/aromatic N) is 3. The molecule has 0 atom stereocenters. The zero-order valence-electron chi connectivity index (χ0n) is 13.8. The Hall–Kier alpha value is -2.50. The maximum Gasteiger partial charge on any atom is 0.229 e. The molecule has 0 radical (unpaired) electrons. The molecule has 7 heteroatoms. The smallest absolute Gasteiger partial charge is 0.229 e. The molecule has 0 aliphatic carbocycles. The summed E-state index contributed by atoms with van der Waals surface area (Å²) < 4.78 is 0. The van der Waals surface area contributed by atoms with E-state index in [0.717, 1.165) is 17.1 Å². The minimum absolute atomic E-state index is 0.493. The Morgan fingerprint density at radius 2 is 1.68 bits per heavy atom. The maximum absolute atomic E-state index is 6.18. The Morgan fingerprint density at radius 3 is 2.36 bits per heavy atom. The third-order valence-electron chi connectivity index (χ3n) is 3.49. The van der Waals surface area contributed by atoms with Gasteiger partial charge in [0.05, 0.1) is 10.7 Å². The first kappa shape index (κ1) is 17.3. The van der Waals surface area contributed by atoms with E-state index in [4.69, 9.17) is 23.2 Å². The van der Waals surface area contributed by atoms with Crippen molar-refractivity contribution >= 4 is 52.0 Å². The van der Waals surface area contributed by atoms with Crippen LogP contribution in [0, 0.1) is 0 Å². The van der Waals surface area contributed by atoms with Crippen molar-refractivity contribution in [1.82, 2.24) is 9.97 Å². The molecule has 0 saturated carbocycles. The van der Waals surface area contributed by atoms with E-state index in [1.165, 1.54) is 0 Å². The quantitative estimate of drug-likeness (QED) is 0.632. The van der Waals surface area contributed by atoms with Gasteiger partial charge in [-0.15, -0.1) is 0 Å². The summed E-state index contributed by atoms with van der Waals surface area (Å²) in [6.45, 7) is 0. The van der Waals surface area contributed by atoms with Crippen molar-refractivity contribution in [2.24, 2.45) is 0 Å². The summed E-state index contributed by atoms with van der Waals surface area (Å²) >= 11 is 12.1. The SMILES string of the molecule is CN(C)c1ccc(Nc2nccc(Nc3ccc(Cl)cc3Cl)n2)cc1. The van der Waals surface area contributed by atoms with Crippen LogP contribution in [0.1, 0.15) is 0 Å². The number of nitrogens with one attached hydrogen (secondary N) is 2. The minimum atomic E-state index is 0.493. The van der Waals surface area contributed by atoms with E-state index < -0.39 is 0 Å². The highest BCUT2D eigenvalue weighted by molar-refractivity contribution is 6.36. The third-order valence-corrected chi connectivity index (χ3v) is 4.04. The molecule has 0 fully saturated rings. The molecular formula is C18H17Cl2N5. The van der Waals surface area contributed by atoms with Gasteiger partial charge >= 0.3 is 0 Å². The molecule has 0 aliphatic heterocycles. The maximum atomic E-state index is 6.18. The van der Waals surface area contributed by atoms with E-state index in [1.54, 1.807) is 30.5 Å². The van der Waals surface area contributed by atoms with E-state index >= 15 is 0 Å². The largest absolute Gasteiger partial charge is 0.378 e. The van der Waals surface area contributed by atoms with Gasteiger partial charge < -0.3 is 15.5 Å². The first-order valence-electron chi connectivity index (χ1n) is 7.61. The van der Waals surface area contributed by atoms with Crippen LogP contribution in [0.15, 0.2) is 54.7 Å². The second-order valence-corrected chi connectivity index (χ2v) is 6.42. The molecule has 1 heterocycles. The minimum Gasteiger partial charge on any atom is -0.378 e. The molecule has 2 N–H and O–H groups in total. The monoisotopic (exact) mass is 373 g/mol. The lowest BCUT2D eigenvalue weighted by Crippen LogP contribution is -2.08. The number of benzene rings is 2. The Kier molecular flexibility index (Phi) is 5.26. The van der Waals surface area contributed by atoms with Gasteiger partial charge in [-0.3, -0.25) is 0 Å². The fourth-order valence-corrected chi connectivity index (χ4v) is 2.65.